The molecule has 0 aromatic carbocycles. The van der Waals surface area contributed by atoms with Crippen molar-refractivity contribution >= 4 is 6.09 Å². The van der Waals surface area contributed by atoms with Crippen molar-refractivity contribution in [2.24, 2.45) is 5.92 Å². The molecular weight excluding hydrogens is 184 g/mol. The van der Waals surface area contributed by atoms with E-state index in [4.69, 9.17) is 5.11 Å². The second-order valence-electron chi connectivity index (χ2n) is 2.98. The maximum Gasteiger partial charge on any atom is 0.407 e. The highest BCUT2D eigenvalue weighted by Crippen LogP contribution is 2.32. The Morgan fingerprint density at radius 3 is 2.69 bits per heavy atom. The van der Waals surface area contributed by atoms with Gasteiger partial charge in [0.1, 0.15) is 0 Å². The molecule has 1 saturated heterocycles. The summed E-state index contributed by atoms with van der Waals surface area (Å²) in [4.78, 5) is 11.4. The first-order valence-electron chi connectivity index (χ1n) is 3.88. The summed E-state index contributed by atoms with van der Waals surface area (Å²) in [7, 11) is 0.920. The fourth-order valence-corrected chi connectivity index (χ4v) is 1.37. The molecule has 4 nitrogen and oxygen atoms in total. The molecule has 6 heteroatoms. The molecule has 1 N–H and O–H groups in total. The summed E-state index contributed by atoms with van der Waals surface area (Å²) < 4.78 is 29.7. The SMILES string of the molecule is COC(F)(F)[C@@H]1CCN(C(=O)O)C1. The first-order chi connectivity index (χ1) is 5.97. The molecular formula is C7H11F2NO3. The summed E-state index contributed by atoms with van der Waals surface area (Å²) in [5.74, 6) is -1.02. The van der Waals surface area contributed by atoms with Gasteiger partial charge in [-0.05, 0) is 6.42 Å². The predicted molar refractivity (Wildman–Crippen MR) is 39.7 cm³/mol. The van der Waals surface area contributed by atoms with Crippen LogP contribution in [-0.2, 0) is 4.74 Å². The highest BCUT2D eigenvalue weighted by atomic mass is 19.3. The summed E-state index contributed by atoms with van der Waals surface area (Å²) in [5.41, 5.74) is 0. The lowest BCUT2D eigenvalue weighted by Gasteiger charge is -2.20. The summed E-state index contributed by atoms with van der Waals surface area (Å²) in [6, 6.07) is 0. The first-order valence-corrected chi connectivity index (χ1v) is 3.88. The van der Waals surface area contributed by atoms with E-state index in [-0.39, 0.29) is 19.5 Å². The van der Waals surface area contributed by atoms with Gasteiger partial charge in [-0.2, -0.15) is 8.78 Å². The number of ether oxygens (including phenoxy) is 1. The van der Waals surface area contributed by atoms with E-state index in [0.717, 1.165) is 12.0 Å². The number of halogens is 2. The Kier molecular flexibility index (Phi) is 2.70. The number of nitrogens with zero attached hydrogens (tertiary/aromatic N) is 1. The minimum atomic E-state index is -3.22. The molecule has 1 fully saturated rings. The monoisotopic (exact) mass is 195 g/mol. The number of alkyl halides is 2. The number of hydrogen-bond acceptors (Lipinski definition) is 2. The van der Waals surface area contributed by atoms with Crippen molar-refractivity contribution in [3.05, 3.63) is 0 Å². The van der Waals surface area contributed by atoms with Crippen LogP contribution >= 0.6 is 0 Å². The predicted octanol–water partition coefficient (Wildman–Crippen LogP) is 1.23. The Morgan fingerprint density at radius 1 is 1.69 bits per heavy atom. The lowest BCUT2D eigenvalue weighted by molar-refractivity contribution is -0.253. The molecule has 76 valence electrons. The van der Waals surface area contributed by atoms with Crippen LogP contribution in [0, 0.1) is 5.92 Å². The fourth-order valence-electron chi connectivity index (χ4n) is 1.37. The Balaban J connectivity index is 2.54. The molecule has 1 amide bonds. The van der Waals surface area contributed by atoms with E-state index in [9.17, 15) is 13.6 Å². The standard InChI is InChI=1S/C7H11F2NO3/c1-13-7(8,9)5-2-3-10(4-5)6(11)12/h5H,2-4H2,1H3,(H,11,12)/t5-/m1/s1. The Hall–Kier alpha value is -0.910. The van der Waals surface area contributed by atoms with Gasteiger partial charge in [-0.15, -0.1) is 0 Å². The molecule has 0 aromatic heterocycles. The zero-order valence-corrected chi connectivity index (χ0v) is 7.17. The number of amides is 1. The summed E-state index contributed by atoms with van der Waals surface area (Å²) in [6.07, 6.45) is -4.23. The lowest BCUT2D eigenvalue weighted by Crippen LogP contribution is -2.34. The molecule has 1 aliphatic heterocycles. The van der Waals surface area contributed by atoms with E-state index >= 15 is 0 Å². The molecule has 0 bridgehead atoms. The van der Waals surface area contributed by atoms with Crippen LogP contribution in [0.15, 0.2) is 0 Å². The van der Waals surface area contributed by atoms with Crippen LogP contribution in [0.25, 0.3) is 0 Å². The van der Waals surface area contributed by atoms with Gasteiger partial charge in [-0.25, -0.2) is 4.79 Å². The molecule has 0 aromatic rings. The molecule has 0 unspecified atom stereocenters. The van der Waals surface area contributed by atoms with Gasteiger partial charge in [0.05, 0.1) is 5.92 Å². The molecule has 0 aliphatic carbocycles. The lowest BCUT2D eigenvalue weighted by atomic mass is 10.1. The van der Waals surface area contributed by atoms with Gasteiger partial charge in [0.2, 0.25) is 0 Å². The Labute approximate surface area is 74.1 Å². The summed E-state index contributed by atoms with van der Waals surface area (Å²) in [6.45, 7) is -0.00484. The van der Waals surface area contributed by atoms with Crippen LogP contribution in [0.5, 0.6) is 0 Å². The second-order valence-corrected chi connectivity index (χ2v) is 2.98. The van der Waals surface area contributed by atoms with E-state index in [1.54, 1.807) is 0 Å². The molecule has 1 aliphatic rings. The molecule has 0 spiro atoms. The third kappa shape index (κ3) is 2.06. The molecule has 1 heterocycles. The largest absolute Gasteiger partial charge is 0.465 e. The van der Waals surface area contributed by atoms with Crippen molar-refractivity contribution in [1.82, 2.24) is 4.90 Å². The Bertz CT molecular complexity index is 210. The number of rotatable bonds is 2. The van der Waals surface area contributed by atoms with E-state index < -0.39 is 18.1 Å². The Morgan fingerprint density at radius 2 is 2.31 bits per heavy atom. The number of methoxy groups -OCH3 is 1. The van der Waals surface area contributed by atoms with Crippen LogP contribution in [0.3, 0.4) is 0 Å². The highest BCUT2D eigenvalue weighted by Gasteiger charge is 2.44. The van der Waals surface area contributed by atoms with Gasteiger partial charge in [-0.3, -0.25) is 0 Å². The van der Waals surface area contributed by atoms with Gasteiger partial charge in [-0.1, -0.05) is 0 Å². The average molecular weight is 195 g/mol. The highest BCUT2D eigenvalue weighted by molar-refractivity contribution is 5.65. The smallest absolute Gasteiger partial charge is 0.407 e. The van der Waals surface area contributed by atoms with Crippen molar-refractivity contribution in [3.8, 4) is 0 Å². The fraction of sp³-hybridized carbons (Fsp3) is 0.857. The van der Waals surface area contributed by atoms with Crippen LogP contribution in [0.1, 0.15) is 6.42 Å². The normalized spacial score (nSPS) is 23.6. The zero-order chi connectivity index (χ0) is 10.1. The molecule has 0 saturated carbocycles. The molecule has 13 heavy (non-hydrogen) atoms. The van der Waals surface area contributed by atoms with Crippen molar-refractivity contribution < 1.29 is 23.4 Å². The van der Waals surface area contributed by atoms with Crippen LogP contribution in [-0.4, -0.2) is 42.4 Å². The second kappa shape index (κ2) is 3.45. The third-order valence-electron chi connectivity index (χ3n) is 2.21. The van der Waals surface area contributed by atoms with Crippen molar-refractivity contribution in [2.45, 2.75) is 12.5 Å². The number of carboxylic acid groups (broad SMARTS) is 1. The van der Waals surface area contributed by atoms with E-state index in [1.807, 2.05) is 0 Å². The first kappa shape index (κ1) is 10.2. The van der Waals surface area contributed by atoms with Crippen molar-refractivity contribution in [1.29, 1.82) is 0 Å². The topological polar surface area (TPSA) is 49.8 Å². The summed E-state index contributed by atoms with van der Waals surface area (Å²) in [5, 5.41) is 8.51. The van der Waals surface area contributed by atoms with Gasteiger partial charge in [0.15, 0.2) is 0 Å². The quantitative estimate of drug-likeness (QED) is 0.720. The summed E-state index contributed by atoms with van der Waals surface area (Å²) >= 11 is 0. The van der Waals surface area contributed by atoms with Crippen LogP contribution in [0.4, 0.5) is 13.6 Å². The number of hydrogen-bond donors (Lipinski definition) is 1. The van der Waals surface area contributed by atoms with E-state index in [1.165, 1.54) is 0 Å². The maximum atomic E-state index is 12.9. The van der Waals surface area contributed by atoms with E-state index in [2.05, 4.69) is 4.74 Å². The van der Waals surface area contributed by atoms with Crippen LogP contribution < -0.4 is 0 Å². The average Bonchev–Trinajstić information content (AvgIpc) is 2.52. The zero-order valence-electron chi connectivity index (χ0n) is 7.17. The van der Waals surface area contributed by atoms with Gasteiger partial charge in [0.25, 0.3) is 0 Å². The third-order valence-corrected chi connectivity index (χ3v) is 2.21. The minimum absolute atomic E-state index is 0.146. The molecule has 0 radical (unpaired) electrons. The number of carbonyl (C=O) groups is 1. The minimum Gasteiger partial charge on any atom is -0.465 e. The van der Waals surface area contributed by atoms with Gasteiger partial charge < -0.3 is 14.7 Å². The van der Waals surface area contributed by atoms with Gasteiger partial charge in [0, 0.05) is 20.2 Å². The van der Waals surface area contributed by atoms with Crippen molar-refractivity contribution in [3.63, 3.8) is 0 Å². The van der Waals surface area contributed by atoms with Gasteiger partial charge >= 0.3 is 12.2 Å². The molecule has 1 rings (SSSR count). The molecule has 1 atom stereocenters. The van der Waals surface area contributed by atoms with E-state index in [0.29, 0.717) is 0 Å². The number of likely N-dealkylation sites (tertiary alicyclic amines) is 1. The maximum absolute atomic E-state index is 12.9. The van der Waals surface area contributed by atoms with Crippen LogP contribution in [0.2, 0.25) is 0 Å². The van der Waals surface area contributed by atoms with Crippen molar-refractivity contribution in [2.75, 3.05) is 20.2 Å².